The fraction of sp³-hybridized carbons (Fsp3) is 0.200. The largest absolute Gasteiger partial charge is 0.381 e. The minimum atomic E-state index is 0.865. The Morgan fingerprint density at radius 3 is 2.56 bits per heavy atom. The molecule has 18 heavy (non-hydrogen) atoms. The molecular weight excluding hydrogens is 401 g/mol. The highest BCUT2D eigenvalue weighted by atomic mass is 127. The van der Waals surface area contributed by atoms with Crippen LogP contribution in [0.4, 0.5) is 5.69 Å². The first-order valence-corrected chi connectivity index (χ1v) is 7.68. The Labute approximate surface area is 130 Å². The van der Waals surface area contributed by atoms with Crippen molar-refractivity contribution in [3.63, 3.8) is 0 Å². The second-order valence-electron chi connectivity index (χ2n) is 4.41. The number of halogens is 2. The molecule has 2 aromatic carbocycles. The molecule has 0 unspecified atom stereocenters. The lowest BCUT2D eigenvalue weighted by atomic mass is 10.1. The van der Waals surface area contributed by atoms with Gasteiger partial charge in [0.1, 0.15) is 0 Å². The molecule has 0 aliphatic rings. The normalized spacial score (nSPS) is 10.4. The second-order valence-corrected chi connectivity index (χ2v) is 6.43. The predicted octanol–water partition coefficient (Wildman–Crippen LogP) is 5.28. The topological polar surface area (TPSA) is 12.0 Å². The van der Waals surface area contributed by atoms with Crippen molar-refractivity contribution in [2.24, 2.45) is 0 Å². The van der Waals surface area contributed by atoms with Crippen molar-refractivity contribution >= 4 is 44.2 Å². The molecule has 0 aliphatic carbocycles. The van der Waals surface area contributed by atoms with Gasteiger partial charge in [0.25, 0.3) is 0 Å². The van der Waals surface area contributed by atoms with Gasteiger partial charge in [-0.05, 0) is 81.7 Å². The summed E-state index contributed by atoms with van der Waals surface area (Å²) < 4.78 is 2.36. The van der Waals surface area contributed by atoms with E-state index in [1.165, 1.54) is 20.3 Å². The van der Waals surface area contributed by atoms with Gasteiger partial charge in [0.05, 0.1) is 0 Å². The SMILES string of the molecule is Cc1ccc(CNc2ccc(Br)c(I)c2)c(C)c1. The third kappa shape index (κ3) is 3.48. The van der Waals surface area contributed by atoms with Crippen molar-refractivity contribution in [1.82, 2.24) is 0 Å². The minimum absolute atomic E-state index is 0.865. The maximum absolute atomic E-state index is 3.51. The third-order valence-corrected chi connectivity index (χ3v) is 5.23. The zero-order valence-electron chi connectivity index (χ0n) is 10.4. The lowest BCUT2D eigenvalue weighted by Crippen LogP contribution is -2.01. The molecule has 0 spiro atoms. The monoisotopic (exact) mass is 415 g/mol. The van der Waals surface area contributed by atoms with E-state index in [0.717, 1.165) is 16.7 Å². The van der Waals surface area contributed by atoms with Crippen LogP contribution in [0, 0.1) is 17.4 Å². The first-order valence-electron chi connectivity index (χ1n) is 5.81. The highest BCUT2D eigenvalue weighted by Gasteiger charge is 2.01. The molecule has 0 fully saturated rings. The smallest absolute Gasteiger partial charge is 0.0403 e. The summed E-state index contributed by atoms with van der Waals surface area (Å²) in [5.41, 5.74) is 5.16. The Morgan fingerprint density at radius 2 is 1.89 bits per heavy atom. The predicted molar refractivity (Wildman–Crippen MR) is 90.1 cm³/mol. The van der Waals surface area contributed by atoms with Crippen molar-refractivity contribution in [1.29, 1.82) is 0 Å². The average Bonchev–Trinajstić information content (AvgIpc) is 2.32. The van der Waals surface area contributed by atoms with Crippen LogP contribution in [0.5, 0.6) is 0 Å². The highest BCUT2D eigenvalue weighted by Crippen LogP contribution is 2.23. The van der Waals surface area contributed by atoms with Gasteiger partial charge in [0.15, 0.2) is 0 Å². The van der Waals surface area contributed by atoms with Gasteiger partial charge >= 0.3 is 0 Å². The van der Waals surface area contributed by atoms with Crippen LogP contribution in [0.2, 0.25) is 0 Å². The fourth-order valence-corrected chi connectivity index (χ4v) is 2.61. The van der Waals surface area contributed by atoms with E-state index < -0.39 is 0 Å². The van der Waals surface area contributed by atoms with E-state index in [1.807, 2.05) is 0 Å². The molecule has 94 valence electrons. The molecule has 0 atom stereocenters. The van der Waals surface area contributed by atoms with E-state index in [1.54, 1.807) is 0 Å². The summed E-state index contributed by atoms with van der Waals surface area (Å²) in [4.78, 5) is 0. The molecule has 0 aromatic heterocycles. The summed E-state index contributed by atoms with van der Waals surface area (Å²) in [7, 11) is 0. The van der Waals surface area contributed by atoms with Crippen LogP contribution in [0.3, 0.4) is 0 Å². The van der Waals surface area contributed by atoms with E-state index in [4.69, 9.17) is 0 Å². The maximum Gasteiger partial charge on any atom is 0.0403 e. The zero-order chi connectivity index (χ0) is 13.1. The molecule has 0 bridgehead atoms. The van der Waals surface area contributed by atoms with Crippen LogP contribution in [-0.4, -0.2) is 0 Å². The molecule has 3 heteroatoms. The molecule has 1 N–H and O–H groups in total. The Morgan fingerprint density at radius 1 is 1.11 bits per heavy atom. The number of nitrogens with one attached hydrogen (secondary N) is 1. The summed E-state index contributed by atoms with van der Waals surface area (Å²) in [5.74, 6) is 0. The van der Waals surface area contributed by atoms with Crippen LogP contribution in [0.25, 0.3) is 0 Å². The van der Waals surface area contributed by atoms with Crippen molar-refractivity contribution < 1.29 is 0 Å². The van der Waals surface area contributed by atoms with Gasteiger partial charge in [0.2, 0.25) is 0 Å². The van der Waals surface area contributed by atoms with Crippen LogP contribution >= 0.6 is 38.5 Å². The number of aryl methyl sites for hydroxylation is 2. The van der Waals surface area contributed by atoms with Gasteiger partial charge in [-0.1, -0.05) is 23.8 Å². The summed E-state index contributed by atoms with van der Waals surface area (Å²) in [5, 5.41) is 3.46. The molecule has 0 radical (unpaired) electrons. The fourth-order valence-electron chi connectivity index (χ4n) is 1.85. The molecule has 0 aliphatic heterocycles. The van der Waals surface area contributed by atoms with E-state index in [0.29, 0.717) is 0 Å². The Kier molecular flexibility index (Phi) is 4.67. The number of hydrogen-bond acceptors (Lipinski definition) is 1. The van der Waals surface area contributed by atoms with Gasteiger partial charge < -0.3 is 5.32 Å². The number of benzene rings is 2. The first-order chi connectivity index (χ1) is 8.56. The maximum atomic E-state index is 3.51. The van der Waals surface area contributed by atoms with Gasteiger partial charge in [-0.15, -0.1) is 0 Å². The van der Waals surface area contributed by atoms with Gasteiger partial charge in [-0.25, -0.2) is 0 Å². The Bertz CT molecular complexity index is 566. The lowest BCUT2D eigenvalue weighted by Gasteiger charge is -2.10. The molecular formula is C15H15BrIN. The first kappa shape index (κ1) is 13.9. The minimum Gasteiger partial charge on any atom is -0.381 e. The van der Waals surface area contributed by atoms with Gasteiger partial charge in [-0.2, -0.15) is 0 Å². The van der Waals surface area contributed by atoms with Crippen LogP contribution in [-0.2, 0) is 6.54 Å². The van der Waals surface area contributed by atoms with Crippen LogP contribution in [0.1, 0.15) is 16.7 Å². The quantitative estimate of drug-likeness (QED) is 0.672. The molecule has 0 saturated carbocycles. The van der Waals surface area contributed by atoms with Crippen molar-refractivity contribution in [3.8, 4) is 0 Å². The molecule has 2 aromatic rings. The van der Waals surface area contributed by atoms with Gasteiger partial charge in [0, 0.05) is 20.3 Å². The Hall–Kier alpha value is -0.550. The summed E-state index contributed by atoms with van der Waals surface area (Å²) in [6.45, 7) is 5.15. The number of hydrogen-bond donors (Lipinski definition) is 1. The molecule has 0 saturated heterocycles. The Balaban J connectivity index is 2.09. The molecule has 1 nitrogen and oxygen atoms in total. The van der Waals surface area contributed by atoms with Crippen LogP contribution in [0.15, 0.2) is 40.9 Å². The van der Waals surface area contributed by atoms with E-state index in [2.05, 4.69) is 94.1 Å². The molecule has 2 rings (SSSR count). The van der Waals surface area contributed by atoms with Crippen molar-refractivity contribution in [2.45, 2.75) is 20.4 Å². The number of anilines is 1. The van der Waals surface area contributed by atoms with Crippen molar-refractivity contribution in [2.75, 3.05) is 5.32 Å². The molecule has 0 amide bonds. The van der Waals surface area contributed by atoms with Crippen molar-refractivity contribution in [3.05, 3.63) is 61.1 Å². The van der Waals surface area contributed by atoms with Gasteiger partial charge in [-0.3, -0.25) is 0 Å². The third-order valence-electron chi connectivity index (χ3n) is 2.90. The van der Waals surface area contributed by atoms with E-state index in [9.17, 15) is 0 Å². The average molecular weight is 416 g/mol. The highest BCUT2D eigenvalue weighted by molar-refractivity contribution is 14.1. The summed E-state index contributed by atoms with van der Waals surface area (Å²) in [6.07, 6.45) is 0. The lowest BCUT2D eigenvalue weighted by molar-refractivity contribution is 1.11. The zero-order valence-corrected chi connectivity index (χ0v) is 14.2. The van der Waals surface area contributed by atoms with Crippen LogP contribution < -0.4 is 5.32 Å². The van der Waals surface area contributed by atoms with E-state index in [-0.39, 0.29) is 0 Å². The number of rotatable bonds is 3. The van der Waals surface area contributed by atoms with E-state index >= 15 is 0 Å². The molecule has 0 heterocycles. The summed E-state index contributed by atoms with van der Waals surface area (Å²) >= 11 is 5.84. The standard InChI is InChI=1S/C15H15BrIN/c1-10-3-4-12(11(2)7-10)9-18-13-5-6-14(16)15(17)8-13/h3-8,18H,9H2,1-2H3. The summed E-state index contributed by atoms with van der Waals surface area (Å²) in [6, 6.07) is 12.9. The second kappa shape index (κ2) is 6.06.